The third-order valence-electron chi connectivity index (χ3n) is 3.87. The van der Waals surface area contributed by atoms with E-state index in [1.165, 1.54) is 0 Å². The molecule has 25 heavy (non-hydrogen) atoms. The van der Waals surface area contributed by atoms with Crippen LogP contribution >= 0.6 is 11.6 Å². The van der Waals surface area contributed by atoms with Gasteiger partial charge in [0, 0.05) is 29.1 Å². The highest BCUT2D eigenvalue weighted by Gasteiger charge is 2.16. The van der Waals surface area contributed by atoms with Crippen molar-refractivity contribution in [2.24, 2.45) is 0 Å². The summed E-state index contributed by atoms with van der Waals surface area (Å²) < 4.78 is 11.3. The summed E-state index contributed by atoms with van der Waals surface area (Å²) in [6, 6.07) is 14.6. The molecule has 1 saturated heterocycles. The van der Waals surface area contributed by atoms with E-state index in [-0.39, 0.29) is 18.6 Å². The van der Waals surface area contributed by atoms with Crippen molar-refractivity contribution < 1.29 is 14.3 Å². The van der Waals surface area contributed by atoms with Crippen molar-refractivity contribution in [2.75, 3.05) is 30.4 Å². The summed E-state index contributed by atoms with van der Waals surface area (Å²) in [5.74, 6) is 0.631. The normalized spacial score (nSPS) is 16.4. The quantitative estimate of drug-likeness (QED) is 0.785. The fraction of sp³-hybridized carbons (Fsp3) is 0.316. The van der Waals surface area contributed by atoms with E-state index in [2.05, 4.69) is 10.6 Å². The first kappa shape index (κ1) is 17.6. The van der Waals surface area contributed by atoms with Crippen molar-refractivity contribution in [1.29, 1.82) is 0 Å². The number of hydrogen-bond donors (Lipinski definition) is 2. The van der Waals surface area contributed by atoms with Crippen LogP contribution in [0.4, 0.5) is 11.4 Å². The van der Waals surface area contributed by atoms with E-state index in [9.17, 15) is 4.79 Å². The Balaban J connectivity index is 1.46. The summed E-state index contributed by atoms with van der Waals surface area (Å²) in [4.78, 5) is 12.0. The lowest BCUT2D eigenvalue weighted by atomic mass is 10.2. The minimum atomic E-state index is -0.131. The maximum absolute atomic E-state index is 12.0. The highest BCUT2D eigenvalue weighted by Crippen LogP contribution is 2.19. The van der Waals surface area contributed by atoms with E-state index in [0.717, 1.165) is 30.9 Å². The zero-order valence-corrected chi connectivity index (χ0v) is 14.6. The number of hydrogen-bond acceptors (Lipinski definition) is 4. The minimum absolute atomic E-state index is 0.131. The Bertz CT molecular complexity index is 700. The summed E-state index contributed by atoms with van der Waals surface area (Å²) in [5, 5.41) is 6.54. The Kier molecular flexibility index (Phi) is 6.14. The first-order chi connectivity index (χ1) is 12.2. The van der Waals surface area contributed by atoms with Gasteiger partial charge >= 0.3 is 0 Å². The molecule has 1 atom stereocenters. The molecule has 1 amide bonds. The fourth-order valence-electron chi connectivity index (χ4n) is 2.58. The van der Waals surface area contributed by atoms with Crippen LogP contribution in [0.1, 0.15) is 12.8 Å². The zero-order chi connectivity index (χ0) is 17.5. The molecule has 0 radical (unpaired) electrons. The molecule has 1 fully saturated rings. The van der Waals surface area contributed by atoms with Crippen LogP contribution < -0.4 is 15.4 Å². The SMILES string of the molecule is O=C(CNc1cccc(OCC2CCCO2)c1)Nc1ccc(Cl)cc1. The smallest absolute Gasteiger partial charge is 0.243 e. The molecule has 2 N–H and O–H groups in total. The molecule has 6 heteroatoms. The average molecular weight is 361 g/mol. The van der Waals surface area contributed by atoms with E-state index in [1.807, 2.05) is 24.3 Å². The Morgan fingerprint density at radius 1 is 1.20 bits per heavy atom. The van der Waals surface area contributed by atoms with Crippen LogP contribution in [-0.2, 0) is 9.53 Å². The van der Waals surface area contributed by atoms with Crippen LogP contribution in [0.2, 0.25) is 5.02 Å². The van der Waals surface area contributed by atoms with E-state index >= 15 is 0 Å². The molecule has 0 spiro atoms. The summed E-state index contributed by atoms with van der Waals surface area (Å²) >= 11 is 5.83. The predicted molar refractivity (Wildman–Crippen MR) is 99.5 cm³/mol. The first-order valence-electron chi connectivity index (χ1n) is 8.33. The number of carbonyl (C=O) groups is 1. The number of ether oxygens (including phenoxy) is 2. The second-order valence-electron chi connectivity index (χ2n) is 5.88. The lowest BCUT2D eigenvalue weighted by Crippen LogP contribution is -2.21. The maximum atomic E-state index is 12.0. The Morgan fingerprint density at radius 2 is 2.04 bits per heavy atom. The van der Waals surface area contributed by atoms with Crippen LogP contribution in [0, 0.1) is 0 Å². The molecule has 2 aromatic rings. The van der Waals surface area contributed by atoms with E-state index in [4.69, 9.17) is 21.1 Å². The zero-order valence-electron chi connectivity index (χ0n) is 13.8. The average Bonchev–Trinajstić information content (AvgIpc) is 3.14. The summed E-state index contributed by atoms with van der Waals surface area (Å²) in [6.07, 6.45) is 2.32. The second kappa shape index (κ2) is 8.74. The molecule has 132 valence electrons. The lowest BCUT2D eigenvalue weighted by molar-refractivity contribution is -0.114. The van der Waals surface area contributed by atoms with Crippen molar-refractivity contribution in [1.82, 2.24) is 0 Å². The number of nitrogens with one attached hydrogen (secondary N) is 2. The molecule has 1 aliphatic rings. The summed E-state index contributed by atoms with van der Waals surface area (Å²) in [7, 11) is 0. The Hall–Kier alpha value is -2.24. The van der Waals surface area contributed by atoms with Gasteiger partial charge in [-0.25, -0.2) is 0 Å². The first-order valence-corrected chi connectivity index (χ1v) is 8.70. The molecular weight excluding hydrogens is 340 g/mol. The lowest BCUT2D eigenvalue weighted by Gasteiger charge is -2.13. The molecule has 2 aromatic carbocycles. The van der Waals surface area contributed by atoms with Crippen LogP contribution in [0.15, 0.2) is 48.5 Å². The molecule has 1 unspecified atom stereocenters. The van der Waals surface area contributed by atoms with Crippen LogP contribution in [0.25, 0.3) is 0 Å². The molecule has 0 bridgehead atoms. The number of benzene rings is 2. The standard InChI is InChI=1S/C19H21ClN2O3/c20-14-6-8-15(9-7-14)22-19(23)12-21-16-3-1-4-17(11-16)25-13-18-5-2-10-24-18/h1,3-4,6-9,11,18,21H,2,5,10,12-13H2,(H,22,23). The monoisotopic (exact) mass is 360 g/mol. The number of anilines is 2. The minimum Gasteiger partial charge on any atom is -0.491 e. The third kappa shape index (κ3) is 5.66. The van der Waals surface area contributed by atoms with Gasteiger partial charge in [-0.1, -0.05) is 17.7 Å². The van der Waals surface area contributed by atoms with E-state index in [0.29, 0.717) is 17.3 Å². The predicted octanol–water partition coefficient (Wildman–Crippen LogP) is 3.95. The van der Waals surface area contributed by atoms with Crippen LogP contribution in [0.3, 0.4) is 0 Å². The van der Waals surface area contributed by atoms with Crippen molar-refractivity contribution >= 4 is 28.9 Å². The number of halogens is 1. The summed E-state index contributed by atoms with van der Waals surface area (Å²) in [5.41, 5.74) is 1.54. The molecular formula is C19H21ClN2O3. The summed E-state index contributed by atoms with van der Waals surface area (Å²) in [6.45, 7) is 1.54. The van der Waals surface area contributed by atoms with Gasteiger partial charge in [-0.2, -0.15) is 0 Å². The molecule has 5 nitrogen and oxygen atoms in total. The number of carbonyl (C=O) groups excluding carboxylic acids is 1. The number of amides is 1. The highest BCUT2D eigenvalue weighted by atomic mass is 35.5. The van der Waals surface area contributed by atoms with Gasteiger partial charge in [-0.05, 0) is 49.2 Å². The topological polar surface area (TPSA) is 59.6 Å². The fourth-order valence-corrected chi connectivity index (χ4v) is 2.71. The van der Waals surface area contributed by atoms with Crippen molar-refractivity contribution in [3.05, 3.63) is 53.6 Å². The molecule has 0 aromatic heterocycles. The van der Waals surface area contributed by atoms with Crippen molar-refractivity contribution in [3.63, 3.8) is 0 Å². The molecule has 1 aliphatic heterocycles. The largest absolute Gasteiger partial charge is 0.491 e. The number of rotatable bonds is 7. The molecule has 1 heterocycles. The van der Waals surface area contributed by atoms with Gasteiger partial charge in [0.25, 0.3) is 0 Å². The van der Waals surface area contributed by atoms with Gasteiger partial charge < -0.3 is 20.1 Å². The Labute approximate surface area is 152 Å². The van der Waals surface area contributed by atoms with Crippen molar-refractivity contribution in [2.45, 2.75) is 18.9 Å². The molecule has 0 saturated carbocycles. The van der Waals surface area contributed by atoms with Gasteiger partial charge in [0.1, 0.15) is 12.4 Å². The van der Waals surface area contributed by atoms with Gasteiger partial charge in [0.2, 0.25) is 5.91 Å². The van der Waals surface area contributed by atoms with E-state index < -0.39 is 0 Å². The van der Waals surface area contributed by atoms with Gasteiger partial charge in [0.05, 0.1) is 12.6 Å². The highest BCUT2D eigenvalue weighted by molar-refractivity contribution is 6.30. The van der Waals surface area contributed by atoms with E-state index in [1.54, 1.807) is 24.3 Å². The Morgan fingerprint density at radius 3 is 2.80 bits per heavy atom. The second-order valence-corrected chi connectivity index (χ2v) is 6.32. The third-order valence-corrected chi connectivity index (χ3v) is 4.13. The molecule has 3 rings (SSSR count). The van der Waals surface area contributed by atoms with Crippen LogP contribution in [-0.4, -0.2) is 31.8 Å². The molecule has 0 aliphatic carbocycles. The maximum Gasteiger partial charge on any atom is 0.243 e. The van der Waals surface area contributed by atoms with Gasteiger partial charge in [0.15, 0.2) is 0 Å². The van der Waals surface area contributed by atoms with Crippen LogP contribution in [0.5, 0.6) is 5.75 Å². The van der Waals surface area contributed by atoms with Gasteiger partial charge in [-0.15, -0.1) is 0 Å². The van der Waals surface area contributed by atoms with Crippen molar-refractivity contribution in [3.8, 4) is 5.75 Å². The van der Waals surface area contributed by atoms with Gasteiger partial charge in [-0.3, -0.25) is 4.79 Å².